The number of nitrogens with two attached hydrogens (primary N) is 1. The molecule has 3 N–H and O–H groups in total. The predicted octanol–water partition coefficient (Wildman–Crippen LogP) is 0.575. The van der Waals surface area contributed by atoms with Crippen LogP contribution in [-0.4, -0.2) is 36.9 Å². The lowest BCUT2D eigenvalue weighted by Gasteiger charge is -2.24. The van der Waals surface area contributed by atoms with Crippen molar-refractivity contribution in [1.82, 2.24) is 4.31 Å². The number of nitrogens with zero attached hydrogens (tertiary/aromatic N) is 1. The van der Waals surface area contributed by atoms with Gasteiger partial charge in [0.15, 0.2) is 0 Å². The topological polar surface area (TPSA) is 87.2 Å². The zero-order chi connectivity index (χ0) is 12.2. The van der Waals surface area contributed by atoms with Gasteiger partial charge in [-0.1, -0.05) is 0 Å². The van der Waals surface area contributed by atoms with Crippen molar-refractivity contribution in [2.75, 3.05) is 6.54 Å². The lowest BCUT2D eigenvalue weighted by atomic mass is 10.3. The van der Waals surface area contributed by atoms with Crippen molar-refractivity contribution in [3.8, 4) is 0 Å². The molecule has 0 saturated carbocycles. The molecule has 0 aromatic rings. The van der Waals surface area contributed by atoms with Crippen LogP contribution in [0.4, 0.5) is 8.78 Å². The molecule has 0 spiro atoms. The van der Waals surface area contributed by atoms with Gasteiger partial charge in [0.05, 0.1) is 5.84 Å². The molecule has 0 aromatic heterocycles. The average molecular weight is 243 g/mol. The van der Waals surface area contributed by atoms with E-state index in [2.05, 4.69) is 0 Å². The molecule has 0 aliphatic rings. The van der Waals surface area contributed by atoms with Crippen LogP contribution in [0.5, 0.6) is 0 Å². The summed E-state index contributed by atoms with van der Waals surface area (Å²) in [7, 11) is -4.59. The molecule has 0 rings (SSSR count). The molecule has 0 heterocycles. The van der Waals surface area contributed by atoms with Crippen LogP contribution in [0.1, 0.15) is 20.3 Å². The Labute approximate surface area is 87.8 Å². The lowest BCUT2D eigenvalue weighted by molar-refractivity contribution is 0.213. The van der Waals surface area contributed by atoms with Crippen LogP contribution in [0, 0.1) is 5.41 Å². The summed E-state index contributed by atoms with van der Waals surface area (Å²) in [5.41, 5.74) is 5.03. The molecular weight excluding hydrogens is 228 g/mol. The smallest absolute Gasteiger partial charge is 0.350 e. The number of alkyl halides is 2. The summed E-state index contributed by atoms with van der Waals surface area (Å²) in [5.74, 6) is -3.67. The molecule has 8 heteroatoms. The molecule has 0 fully saturated rings. The molecule has 0 bridgehead atoms. The molecule has 0 unspecified atom stereocenters. The largest absolute Gasteiger partial charge is 0.388 e. The standard InChI is InChI=1S/C7H15F2N3O2S/c1-5(2)12(4-3-6(10)11)15(13,14)7(8)9/h5,7H,3-4H2,1-2H3,(H3,10,11). The molecule has 0 saturated heterocycles. The summed E-state index contributed by atoms with van der Waals surface area (Å²) in [4.78, 5) is 0. The molecule has 5 nitrogen and oxygen atoms in total. The van der Waals surface area contributed by atoms with Crippen molar-refractivity contribution in [3.05, 3.63) is 0 Å². The van der Waals surface area contributed by atoms with E-state index < -0.39 is 21.8 Å². The maximum Gasteiger partial charge on any atom is 0.350 e. The van der Waals surface area contributed by atoms with E-state index in [4.69, 9.17) is 11.1 Å². The molecule has 0 amide bonds. The maximum atomic E-state index is 12.2. The van der Waals surface area contributed by atoms with Crippen molar-refractivity contribution < 1.29 is 17.2 Å². The lowest BCUT2D eigenvalue weighted by Crippen LogP contribution is -2.41. The second-order valence-corrected chi connectivity index (χ2v) is 5.14. The van der Waals surface area contributed by atoms with E-state index in [0.29, 0.717) is 4.31 Å². The Morgan fingerprint density at radius 3 is 2.20 bits per heavy atom. The van der Waals surface area contributed by atoms with Gasteiger partial charge in [-0.25, -0.2) is 8.42 Å². The second kappa shape index (κ2) is 5.36. The minimum absolute atomic E-state index is 0.0515. The van der Waals surface area contributed by atoms with Crippen LogP contribution in [0.2, 0.25) is 0 Å². The predicted molar refractivity (Wildman–Crippen MR) is 53.3 cm³/mol. The molecular formula is C7H15F2N3O2S. The van der Waals surface area contributed by atoms with Gasteiger partial charge in [0.1, 0.15) is 0 Å². The van der Waals surface area contributed by atoms with Crippen LogP contribution in [0.15, 0.2) is 0 Å². The van der Waals surface area contributed by atoms with Crippen LogP contribution in [-0.2, 0) is 10.0 Å². The Bertz CT molecular complexity index is 316. The van der Waals surface area contributed by atoms with Gasteiger partial charge >= 0.3 is 5.76 Å². The van der Waals surface area contributed by atoms with E-state index in [1.165, 1.54) is 13.8 Å². The van der Waals surface area contributed by atoms with E-state index in [0.717, 1.165) is 0 Å². The van der Waals surface area contributed by atoms with Gasteiger partial charge < -0.3 is 5.73 Å². The first kappa shape index (κ1) is 14.2. The monoisotopic (exact) mass is 243 g/mol. The summed E-state index contributed by atoms with van der Waals surface area (Å²) < 4.78 is 47.4. The summed E-state index contributed by atoms with van der Waals surface area (Å²) >= 11 is 0. The highest BCUT2D eigenvalue weighted by atomic mass is 32.2. The van der Waals surface area contributed by atoms with Gasteiger partial charge in [-0.05, 0) is 13.8 Å². The van der Waals surface area contributed by atoms with Crippen molar-refractivity contribution >= 4 is 15.9 Å². The number of rotatable bonds is 6. The Morgan fingerprint density at radius 2 is 1.93 bits per heavy atom. The highest BCUT2D eigenvalue weighted by molar-refractivity contribution is 7.89. The molecule has 0 atom stereocenters. The molecule has 15 heavy (non-hydrogen) atoms. The zero-order valence-corrected chi connectivity index (χ0v) is 9.39. The number of amidine groups is 1. The van der Waals surface area contributed by atoms with Crippen LogP contribution >= 0.6 is 0 Å². The van der Waals surface area contributed by atoms with E-state index in [9.17, 15) is 17.2 Å². The fourth-order valence-electron chi connectivity index (χ4n) is 1.01. The first-order valence-corrected chi connectivity index (χ1v) is 5.81. The SMILES string of the molecule is CC(C)N(CCC(=N)N)S(=O)(=O)C(F)F. The number of hydrogen-bond acceptors (Lipinski definition) is 3. The summed E-state index contributed by atoms with van der Waals surface area (Å²) in [6.07, 6.45) is -0.0515. The Kier molecular flexibility index (Phi) is 5.09. The first-order valence-electron chi connectivity index (χ1n) is 4.31. The fraction of sp³-hybridized carbons (Fsp3) is 0.857. The minimum atomic E-state index is -4.59. The van der Waals surface area contributed by atoms with Crippen LogP contribution in [0.3, 0.4) is 0 Å². The number of hydrogen-bond donors (Lipinski definition) is 2. The third kappa shape index (κ3) is 4.08. The summed E-state index contributed by atoms with van der Waals surface area (Å²) in [6, 6.07) is -0.580. The third-order valence-corrected chi connectivity index (χ3v) is 3.44. The highest BCUT2D eigenvalue weighted by Crippen LogP contribution is 2.15. The number of halogens is 2. The van der Waals surface area contributed by atoms with E-state index in [1.54, 1.807) is 0 Å². The van der Waals surface area contributed by atoms with E-state index in [-0.39, 0.29) is 18.8 Å². The van der Waals surface area contributed by atoms with E-state index in [1.807, 2.05) is 0 Å². The van der Waals surface area contributed by atoms with Gasteiger partial charge in [0.2, 0.25) is 0 Å². The second-order valence-electron chi connectivity index (χ2n) is 3.29. The van der Waals surface area contributed by atoms with Crippen molar-refractivity contribution in [2.45, 2.75) is 32.1 Å². The maximum absolute atomic E-state index is 12.2. The van der Waals surface area contributed by atoms with Crippen LogP contribution < -0.4 is 5.73 Å². The normalized spacial score (nSPS) is 12.7. The highest BCUT2D eigenvalue weighted by Gasteiger charge is 2.33. The van der Waals surface area contributed by atoms with E-state index >= 15 is 0 Å². The summed E-state index contributed by atoms with van der Waals surface area (Å²) in [6.45, 7) is 2.78. The first-order chi connectivity index (χ1) is 6.69. The quantitative estimate of drug-likeness (QED) is 0.528. The fourth-order valence-corrected chi connectivity index (χ4v) is 2.15. The third-order valence-electron chi connectivity index (χ3n) is 1.73. The zero-order valence-electron chi connectivity index (χ0n) is 8.57. The van der Waals surface area contributed by atoms with Gasteiger partial charge in [0.25, 0.3) is 10.0 Å². The Balaban J connectivity index is 4.75. The molecule has 0 aliphatic carbocycles. The van der Waals surface area contributed by atoms with Crippen LogP contribution in [0.25, 0.3) is 0 Å². The number of nitrogens with one attached hydrogen (secondary N) is 1. The molecule has 0 aromatic carbocycles. The molecule has 0 aliphatic heterocycles. The van der Waals surface area contributed by atoms with Crippen molar-refractivity contribution in [3.63, 3.8) is 0 Å². The van der Waals surface area contributed by atoms with Gasteiger partial charge in [-0.2, -0.15) is 13.1 Å². The minimum Gasteiger partial charge on any atom is -0.388 e. The number of sulfonamides is 1. The Morgan fingerprint density at radius 1 is 1.47 bits per heavy atom. The molecule has 90 valence electrons. The summed E-state index contributed by atoms with van der Waals surface area (Å²) in [5, 5.41) is 6.91. The Hall–Kier alpha value is -0.760. The van der Waals surface area contributed by atoms with Gasteiger partial charge in [-0.15, -0.1) is 0 Å². The molecule has 0 radical (unpaired) electrons. The average Bonchev–Trinajstić information content (AvgIpc) is 2.01. The van der Waals surface area contributed by atoms with Gasteiger partial charge in [0, 0.05) is 19.0 Å². The van der Waals surface area contributed by atoms with Gasteiger partial charge in [-0.3, -0.25) is 5.41 Å². The van der Waals surface area contributed by atoms with Crippen molar-refractivity contribution in [1.29, 1.82) is 5.41 Å². The van der Waals surface area contributed by atoms with Crippen molar-refractivity contribution in [2.24, 2.45) is 5.73 Å².